The third-order valence-corrected chi connectivity index (χ3v) is 6.63. The van der Waals surface area contributed by atoms with Crippen LogP contribution in [-0.2, 0) is 10.0 Å². The molecule has 156 valence electrons. The van der Waals surface area contributed by atoms with Gasteiger partial charge in [-0.05, 0) is 61.7 Å². The maximum atomic E-state index is 13.3. The zero-order valence-electron chi connectivity index (χ0n) is 16.1. The third kappa shape index (κ3) is 4.55. The van der Waals surface area contributed by atoms with Gasteiger partial charge in [0.25, 0.3) is 10.0 Å². The van der Waals surface area contributed by atoms with E-state index in [1.807, 2.05) is 12.1 Å². The Morgan fingerprint density at radius 2 is 1.67 bits per heavy atom. The Morgan fingerprint density at radius 1 is 0.933 bits per heavy atom. The van der Waals surface area contributed by atoms with Crippen molar-refractivity contribution in [2.24, 2.45) is 0 Å². The Hall–Kier alpha value is -2.71. The number of sulfonamides is 1. The first-order chi connectivity index (χ1) is 14.4. The molecule has 0 aliphatic carbocycles. The van der Waals surface area contributed by atoms with E-state index in [4.69, 9.17) is 11.6 Å². The summed E-state index contributed by atoms with van der Waals surface area (Å²) in [5, 5.41) is 8.40. The van der Waals surface area contributed by atoms with E-state index >= 15 is 0 Å². The minimum atomic E-state index is -3.88. The van der Waals surface area contributed by atoms with Crippen LogP contribution in [0.2, 0.25) is 5.02 Å². The van der Waals surface area contributed by atoms with Crippen LogP contribution >= 0.6 is 11.6 Å². The van der Waals surface area contributed by atoms with Crippen molar-refractivity contribution in [3.05, 3.63) is 65.4 Å². The molecule has 0 amide bonds. The van der Waals surface area contributed by atoms with Gasteiger partial charge in [0.2, 0.25) is 0 Å². The molecular weight excluding hydrogens is 427 g/mol. The second-order valence-corrected chi connectivity index (χ2v) is 9.17. The highest BCUT2D eigenvalue weighted by molar-refractivity contribution is 7.92. The van der Waals surface area contributed by atoms with Crippen molar-refractivity contribution in [2.75, 3.05) is 22.7 Å². The standard InChI is InChI=1S/C21H20ClFN4O2S/c22-18-14-17(8-9-19(18)23)30(28,29)26-16-6-4-15(5-7-16)20-10-11-21(25-24-20)27-12-2-1-3-13-27/h4-11,14,26H,1-3,12-13H2. The van der Waals surface area contributed by atoms with Crippen molar-refractivity contribution in [3.63, 3.8) is 0 Å². The average Bonchev–Trinajstić information content (AvgIpc) is 2.77. The molecule has 1 fully saturated rings. The normalized spacial score (nSPS) is 14.5. The summed E-state index contributed by atoms with van der Waals surface area (Å²) in [6.07, 6.45) is 3.60. The Balaban J connectivity index is 1.48. The van der Waals surface area contributed by atoms with E-state index in [9.17, 15) is 12.8 Å². The second kappa shape index (κ2) is 8.57. The molecule has 0 spiro atoms. The first-order valence-electron chi connectivity index (χ1n) is 9.59. The number of rotatable bonds is 5. The third-order valence-electron chi connectivity index (χ3n) is 4.96. The van der Waals surface area contributed by atoms with Gasteiger partial charge in [-0.25, -0.2) is 12.8 Å². The predicted molar refractivity (Wildman–Crippen MR) is 116 cm³/mol. The first kappa shape index (κ1) is 20.6. The van der Waals surface area contributed by atoms with Gasteiger partial charge in [-0.2, -0.15) is 0 Å². The number of hydrogen-bond acceptors (Lipinski definition) is 5. The predicted octanol–water partition coefficient (Wildman–Crippen LogP) is 4.73. The van der Waals surface area contributed by atoms with Gasteiger partial charge in [0.15, 0.2) is 5.82 Å². The molecular formula is C21H20ClFN4O2S. The molecule has 6 nitrogen and oxygen atoms in total. The molecule has 1 N–H and O–H groups in total. The summed E-state index contributed by atoms with van der Waals surface area (Å²) in [5.74, 6) is 0.202. The number of aromatic nitrogens is 2. The minimum absolute atomic E-state index is 0.114. The number of benzene rings is 2. The lowest BCUT2D eigenvalue weighted by molar-refractivity contribution is 0.571. The van der Waals surface area contributed by atoms with Crippen LogP contribution in [0, 0.1) is 5.82 Å². The van der Waals surface area contributed by atoms with Gasteiger partial charge >= 0.3 is 0 Å². The van der Waals surface area contributed by atoms with Gasteiger partial charge in [-0.15, -0.1) is 10.2 Å². The fraction of sp³-hybridized carbons (Fsp3) is 0.238. The number of nitrogens with zero attached hydrogens (tertiary/aromatic N) is 3. The second-order valence-electron chi connectivity index (χ2n) is 7.08. The monoisotopic (exact) mass is 446 g/mol. The molecule has 9 heteroatoms. The maximum absolute atomic E-state index is 13.3. The highest BCUT2D eigenvalue weighted by atomic mass is 35.5. The molecule has 1 aliphatic heterocycles. The average molecular weight is 447 g/mol. The number of halogens is 2. The lowest BCUT2D eigenvalue weighted by Crippen LogP contribution is -2.30. The molecule has 30 heavy (non-hydrogen) atoms. The van der Waals surface area contributed by atoms with Gasteiger partial charge in [0.05, 0.1) is 15.6 Å². The van der Waals surface area contributed by atoms with Crippen LogP contribution in [0.1, 0.15) is 19.3 Å². The zero-order chi connectivity index (χ0) is 21.1. The summed E-state index contributed by atoms with van der Waals surface area (Å²) in [5.41, 5.74) is 1.90. The Morgan fingerprint density at radius 3 is 2.30 bits per heavy atom. The Bertz CT molecular complexity index is 1130. The number of piperidine rings is 1. The molecule has 2 heterocycles. The Kier molecular flexibility index (Phi) is 5.87. The fourth-order valence-electron chi connectivity index (χ4n) is 3.34. The van der Waals surface area contributed by atoms with Gasteiger partial charge in [0, 0.05) is 24.3 Å². The molecule has 1 aromatic heterocycles. The maximum Gasteiger partial charge on any atom is 0.261 e. The number of nitrogens with one attached hydrogen (secondary N) is 1. The molecule has 3 aromatic rings. The topological polar surface area (TPSA) is 75.2 Å². The van der Waals surface area contributed by atoms with Crippen LogP contribution in [0.25, 0.3) is 11.3 Å². The van der Waals surface area contributed by atoms with Crippen LogP contribution in [0.15, 0.2) is 59.5 Å². The molecule has 0 radical (unpaired) electrons. The summed E-state index contributed by atoms with van der Waals surface area (Å²) in [6, 6.07) is 13.9. The van der Waals surface area contributed by atoms with Gasteiger partial charge in [0.1, 0.15) is 5.82 Å². The van der Waals surface area contributed by atoms with E-state index in [1.165, 1.54) is 19.3 Å². The fourth-order valence-corrected chi connectivity index (χ4v) is 4.67. The van der Waals surface area contributed by atoms with Crippen LogP contribution in [0.5, 0.6) is 0 Å². The summed E-state index contributed by atoms with van der Waals surface area (Å²) in [4.78, 5) is 2.12. The highest BCUT2D eigenvalue weighted by Crippen LogP contribution is 2.25. The molecule has 0 atom stereocenters. The summed E-state index contributed by atoms with van der Waals surface area (Å²) >= 11 is 5.69. The zero-order valence-corrected chi connectivity index (χ0v) is 17.6. The van der Waals surface area contributed by atoms with Crippen LogP contribution < -0.4 is 9.62 Å². The molecule has 0 saturated carbocycles. The molecule has 1 aliphatic rings. The van der Waals surface area contributed by atoms with E-state index in [0.29, 0.717) is 11.4 Å². The molecule has 1 saturated heterocycles. The molecule has 0 unspecified atom stereocenters. The van der Waals surface area contributed by atoms with Gasteiger partial charge in [-0.1, -0.05) is 23.7 Å². The van der Waals surface area contributed by atoms with Crippen molar-refractivity contribution < 1.29 is 12.8 Å². The summed E-state index contributed by atoms with van der Waals surface area (Å²) in [7, 11) is -3.88. The lowest BCUT2D eigenvalue weighted by atomic mass is 10.1. The summed E-state index contributed by atoms with van der Waals surface area (Å²) < 4.78 is 40.7. The smallest absolute Gasteiger partial charge is 0.261 e. The van der Waals surface area contributed by atoms with E-state index < -0.39 is 15.8 Å². The SMILES string of the molecule is O=S(=O)(Nc1ccc(-c2ccc(N3CCCCC3)nn2)cc1)c1ccc(F)c(Cl)c1. The van der Waals surface area contributed by atoms with Crippen molar-refractivity contribution in [1.29, 1.82) is 0 Å². The number of hydrogen-bond donors (Lipinski definition) is 1. The molecule has 2 aromatic carbocycles. The van der Waals surface area contributed by atoms with E-state index in [0.717, 1.165) is 42.7 Å². The Labute approximate surface area is 179 Å². The van der Waals surface area contributed by atoms with E-state index in [1.54, 1.807) is 24.3 Å². The van der Waals surface area contributed by atoms with E-state index in [-0.39, 0.29) is 9.92 Å². The minimum Gasteiger partial charge on any atom is -0.355 e. The van der Waals surface area contributed by atoms with Gasteiger partial charge in [-0.3, -0.25) is 4.72 Å². The van der Waals surface area contributed by atoms with Crippen LogP contribution in [0.4, 0.5) is 15.9 Å². The lowest BCUT2D eigenvalue weighted by Gasteiger charge is -2.27. The van der Waals surface area contributed by atoms with Crippen molar-refractivity contribution in [1.82, 2.24) is 10.2 Å². The summed E-state index contributed by atoms with van der Waals surface area (Å²) in [6.45, 7) is 2.00. The van der Waals surface area contributed by atoms with Gasteiger partial charge < -0.3 is 4.90 Å². The van der Waals surface area contributed by atoms with Crippen molar-refractivity contribution >= 4 is 33.1 Å². The van der Waals surface area contributed by atoms with Crippen molar-refractivity contribution in [2.45, 2.75) is 24.2 Å². The molecule has 4 rings (SSSR count). The van der Waals surface area contributed by atoms with E-state index in [2.05, 4.69) is 19.8 Å². The van der Waals surface area contributed by atoms with Crippen LogP contribution in [0.3, 0.4) is 0 Å². The van der Waals surface area contributed by atoms with Crippen molar-refractivity contribution in [3.8, 4) is 11.3 Å². The first-order valence-corrected chi connectivity index (χ1v) is 11.5. The number of anilines is 2. The quantitative estimate of drug-likeness (QED) is 0.613. The van der Waals surface area contributed by atoms with Crippen LogP contribution in [-0.4, -0.2) is 31.7 Å². The largest absolute Gasteiger partial charge is 0.355 e. The molecule has 0 bridgehead atoms. The highest BCUT2D eigenvalue weighted by Gasteiger charge is 2.16.